The predicted molar refractivity (Wildman–Crippen MR) is 99.9 cm³/mol. The Morgan fingerprint density at radius 2 is 0.696 bits per heavy atom. The molecule has 3 aliphatic rings. The van der Waals surface area contributed by atoms with Crippen LogP contribution in [0.4, 0.5) is 0 Å². The molecule has 0 unspecified atom stereocenters. The van der Waals surface area contributed by atoms with Crippen LogP contribution in [0.25, 0.3) is 0 Å². The topological polar surface area (TPSA) is 60.7 Å². The molecule has 134 valence electrons. The second kappa shape index (κ2) is 11.1. The van der Waals surface area contributed by atoms with Crippen LogP contribution in [0.3, 0.4) is 0 Å². The summed E-state index contributed by atoms with van der Waals surface area (Å²) in [5, 5.41) is 21.5. The summed E-state index contributed by atoms with van der Waals surface area (Å²) in [6, 6.07) is 0. The molecule has 0 aromatic heterocycles. The second-order valence-corrected chi connectivity index (χ2v) is 10.8. The molecule has 3 nitrogen and oxygen atoms in total. The zero-order valence-corrected chi connectivity index (χ0v) is 15.6. The van der Waals surface area contributed by atoms with Gasteiger partial charge in [-0.15, -0.1) is 0 Å². The summed E-state index contributed by atoms with van der Waals surface area (Å²) in [7, 11) is -1.78. The van der Waals surface area contributed by atoms with Crippen molar-refractivity contribution in [3.8, 4) is 0 Å². The van der Waals surface area contributed by atoms with Crippen molar-refractivity contribution >= 4 is 15.2 Å². The lowest BCUT2D eigenvalue weighted by atomic mass is 9.99. The van der Waals surface area contributed by atoms with E-state index in [2.05, 4.69) is 0 Å². The summed E-state index contributed by atoms with van der Waals surface area (Å²) in [6.07, 6.45) is 23.6. The van der Waals surface area contributed by atoms with Crippen LogP contribution < -0.4 is 0 Å². The van der Waals surface area contributed by atoms with Crippen LogP contribution in [0, 0.1) is 0 Å². The van der Waals surface area contributed by atoms with Gasteiger partial charge in [0.15, 0.2) is 0 Å². The first-order valence-corrected chi connectivity index (χ1v) is 11.5. The van der Waals surface area contributed by atoms with E-state index in [9.17, 15) is 0 Å². The van der Waals surface area contributed by atoms with Gasteiger partial charge in [-0.05, 0) is 55.5 Å². The molecule has 0 aromatic carbocycles. The van der Waals surface area contributed by atoms with Crippen molar-refractivity contribution in [3.05, 3.63) is 0 Å². The summed E-state index contributed by atoms with van der Waals surface area (Å²) in [5.41, 5.74) is 3.57. The van der Waals surface area contributed by atoms with Crippen LogP contribution in [0.5, 0.6) is 0 Å². The fraction of sp³-hybridized carbons (Fsp3) is 1.00. The van der Waals surface area contributed by atoms with Crippen LogP contribution in [0.1, 0.15) is 96.3 Å². The Morgan fingerprint density at radius 1 is 0.478 bits per heavy atom. The molecule has 5 heteroatoms. The molecule has 0 aromatic rings. The largest absolute Gasteiger partial charge is 0.631 e. The van der Waals surface area contributed by atoms with Gasteiger partial charge in [-0.3, -0.25) is 0 Å². The average molecular weight is 342 g/mol. The summed E-state index contributed by atoms with van der Waals surface area (Å²) in [4.78, 5) is 0. The number of hydrogen-bond donors (Lipinski definition) is 3. The first-order valence-electron chi connectivity index (χ1n) is 10.00. The van der Waals surface area contributed by atoms with Crippen LogP contribution in [-0.4, -0.2) is 39.4 Å². The molecule has 0 atom stereocenters. The third kappa shape index (κ3) is 7.02. The van der Waals surface area contributed by atoms with Crippen molar-refractivity contribution in [2.75, 3.05) is 0 Å². The van der Waals surface area contributed by atoms with Crippen LogP contribution in [0.2, 0.25) is 0 Å². The molecule has 3 saturated carbocycles. The summed E-state index contributed by atoms with van der Waals surface area (Å²) >= 11 is 0. The highest BCUT2D eigenvalue weighted by Gasteiger charge is 2.36. The fourth-order valence-electron chi connectivity index (χ4n) is 5.03. The maximum atomic E-state index is 7.17. The molecule has 3 rings (SSSR count). The highest BCUT2D eigenvalue weighted by molar-refractivity contribution is 7.60. The molecule has 0 heterocycles. The zero-order valence-electron chi connectivity index (χ0n) is 14.7. The van der Waals surface area contributed by atoms with Crippen LogP contribution in [0.15, 0.2) is 0 Å². The SMILES string of the molecule is C1CCC(P(C2CCCCC2)C2CCCCC2)CC1.OB(O)O. The minimum Gasteiger partial charge on any atom is -0.402 e. The highest BCUT2D eigenvalue weighted by atomic mass is 31.1. The highest BCUT2D eigenvalue weighted by Crippen LogP contribution is 2.61. The Balaban J connectivity index is 0.000000433. The maximum Gasteiger partial charge on any atom is 0.631 e. The van der Waals surface area contributed by atoms with Gasteiger partial charge in [0.25, 0.3) is 0 Å². The molecule has 3 N–H and O–H groups in total. The normalized spacial score (nSPS) is 25.0. The van der Waals surface area contributed by atoms with Crippen LogP contribution >= 0.6 is 7.92 Å². The Bertz CT molecular complexity index is 253. The molecule has 3 aliphatic carbocycles. The molecular weight excluding hydrogens is 306 g/mol. The monoisotopic (exact) mass is 342 g/mol. The Morgan fingerprint density at radius 3 is 0.913 bits per heavy atom. The maximum absolute atomic E-state index is 7.17. The van der Waals surface area contributed by atoms with E-state index >= 15 is 0 Å². The van der Waals surface area contributed by atoms with E-state index < -0.39 is 7.32 Å². The molecule has 3 fully saturated rings. The van der Waals surface area contributed by atoms with Gasteiger partial charge in [0.1, 0.15) is 0 Å². The third-order valence-electron chi connectivity index (χ3n) is 5.99. The Labute approximate surface area is 144 Å². The standard InChI is InChI=1S/C18H33P.BH3O3/c1-4-10-16(11-5-1)19(17-12-6-2-7-13-17)18-14-8-3-9-15-18;2-1(3)4/h16-18H,1-15H2;2-4H. The van der Waals surface area contributed by atoms with E-state index in [1.807, 2.05) is 0 Å². The van der Waals surface area contributed by atoms with E-state index in [1.165, 1.54) is 36.2 Å². The van der Waals surface area contributed by atoms with Crippen molar-refractivity contribution in [1.82, 2.24) is 0 Å². The van der Waals surface area contributed by atoms with Gasteiger partial charge in [0.05, 0.1) is 0 Å². The Kier molecular flexibility index (Phi) is 9.49. The van der Waals surface area contributed by atoms with Gasteiger partial charge in [-0.2, -0.15) is 0 Å². The molecule has 0 saturated heterocycles. The summed E-state index contributed by atoms with van der Waals surface area (Å²) in [5.74, 6) is 0. The first kappa shape index (κ1) is 19.7. The lowest BCUT2D eigenvalue weighted by molar-refractivity contribution is 0.278. The molecule has 0 amide bonds. The molecular formula is C18H36BO3P. The third-order valence-corrected chi connectivity index (χ3v) is 10.1. The average Bonchev–Trinajstić information content (AvgIpc) is 2.58. The minimum absolute atomic E-state index is 0.385. The van der Waals surface area contributed by atoms with Gasteiger partial charge in [0.2, 0.25) is 0 Å². The number of rotatable bonds is 3. The quantitative estimate of drug-likeness (QED) is 0.526. The fourth-order valence-corrected chi connectivity index (χ4v) is 9.71. The zero-order chi connectivity index (χ0) is 16.5. The molecule has 0 radical (unpaired) electrons. The second-order valence-electron chi connectivity index (χ2n) is 7.67. The van der Waals surface area contributed by atoms with Crippen molar-refractivity contribution in [1.29, 1.82) is 0 Å². The molecule has 23 heavy (non-hydrogen) atoms. The first-order chi connectivity index (χ1) is 11.2. The van der Waals surface area contributed by atoms with Crippen molar-refractivity contribution in [2.45, 2.75) is 113 Å². The molecule has 0 spiro atoms. The van der Waals surface area contributed by atoms with Gasteiger partial charge in [-0.25, -0.2) is 0 Å². The summed E-state index contributed by atoms with van der Waals surface area (Å²) < 4.78 is 0. The van der Waals surface area contributed by atoms with E-state index in [4.69, 9.17) is 15.1 Å². The predicted octanol–water partition coefficient (Wildman–Crippen LogP) is 4.41. The van der Waals surface area contributed by atoms with E-state index in [1.54, 1.807) is 77.0 Å². The van der Waals surface area contributed by atoms with Gasteiger partial charge in [-0.1, -0.05) is 65.7 Å². The van der Waals surface area contributed by atoms with Gasteiger partial charge < -0.3 is 15.1 Å². The molecule has 0 aliphatic heterocycles. The summed E-state index contributed by atoms with van der Waals surface area (Å²) in [6.45, 7) is 0. The van der Waals surface area contributed by atoms with Crippen molar-refractivity contribution in [2.24, 2.45) is 0 Å². The lowest BCUT2D eigenvalue weighted by Crippen LogP contribution is -2.28. The minimum atomic E-state index is -2.17. The van der Waals surface area contributed by atoms with Crippen molar-refractivity contribution in [3.63, 3.8) is 0 Å². The smallest absolute Gasteiger partial charge is 0.402 e. The van der Waals surface area contributed by atoms with Crippen molar-refractivity contribution < 1.29 is 15.1 Å². The van der Waals surface area contributed by atoms with E-state index in [-0.39, 0.29) is 0 Å². The number of hydrogen-bond acceptors (Lipinski definition) is 3. The van der Waals surface area contributed by atoms with E-state index in [0.717, 1.165) is 0 Å². The van der Waals surface area contributed by atoms with Gasteiger partial charge in [0, 0.05) is 0 Å². The van der Waals surface area contributed by atoms with Crippen LogP contribution in [-0.2, 0) is 0 Å². The Hall–Kier alpha value is 0.375. The van der Waals surface area contributed by atoms with E-state index in [0.29, 0.717) is 7.92 Å². The lowest BCUT2D eigenvalue weighted by Gasteiger charge is -2.44. The molecule has 0 bridgehead atoms. The van der Waals surface area contributed by atoms with Gasteiger partial charge >= 0.3 is 7.32 Å².